The van der Waals surface area contributed by atoms with Crippen molar-refractivity contribution in [2.45, 2.75) is 40.2 Å². The molecule has 0 bridgehead atoms. The van der Waals surface area contributed by atoms with Gasteiger partial charge in [-0.3, -0.25) is 4.79 Å². The molecule has 0 fully saturated rings. The van der Waals surface area contributed by atoms with Crippen LogP contribution in [-0.4, -0.2) is 23.9 Å². The van der Waals surface area contributed by atoms with Gasteiger partial charge in [0, 0.05) is 35.2 Å². The van der Waals surface area contributed by atoms with Crippen LogP contribution >= 0.6 is 0 Å². The molecule has 0 aliphatic carbocycles. The van der Waals surface area contributed by atoms with E-state index in [9.17, 15) is 4.79 Å². The molecule has 2 aromatic rings. The van der Waals surface area contributed by atoms with Crippen molar-refractivity contribution in [1.82, 2.24) is 4.57 Å². The molecule has 2 rings (SSSR count). The highest BCUT2D eigenvalue weighted by molar-refractivity contribution is 6.00. The molecule has 22 heavy (non-hydrogen) atoms. The number of hydrogen-bond donors (Lipinski definition) is 0. The normalized spacial score (nSPS) is 11.5. The van der Waals surface area contributed by atoms with E-state index in [-0.39, 0.29) is 11.3 Å². The summed E-state index contributed by atoms with van der Waals surface area (Å²) in [4.78, 5) is 14.7. The second-order valence-electron chi connectivity index (χ2n) is 6.91. The number of likely N-dealkylation sites (N-methyl/N-ethyl adjacent to an activating group) is 1. The van der Waals surface area contributed by atoms with Gasteiger partial charge in [-0.1, -0.05) is 18.2 Å². The molecular weight excluding hydrogens is 272 g/mol. The molecule has 1 aromatic carbocycles. The Morgan fingerprint density at radius 2 is 1.73 bits per heavy atom. The lowest BCUT2D eigenvalue weighted by molar-refractivity contribution is 0.0999. The summed E-state index contributed by atoms with van der Waals surface area (Å²) in [6.45, 7) is 11.0. The lowest BCUT2D eigenvalue weighted by atomic mass is 10.1. The van der Waals surface area contributed by atoms with Crippen LogP contribution in [0, 0.1) is 13.8 Å². The van der Waals surface area contributed by atoms with Gasteiger partial charge >= 0.3 is 0 Å². The van der Waals surface area contributed by atoms with E-state index < -0.39 is 0 Å². The number of aryl methyl sites for hydroxylation is 1. The second-order valence-corrected chi connectivity index (χ2v) is 6.91. The largest absolute Gasteiger partial charge is 0.367 e. The summed E-state index contributed by atoms with van der Waals surface area (Å²) in [5.74, 6) is 0.162. The fourth-order valence-electron chi connectivity index (χ4n) is 3.15. The van der Waals surface area contributed by atoms with Crippen molar-refractivity contribution in [3.63, 3.8) is 0 Å². The Morgan fingerprint density at radius 1 is 1.14 bits per heavy atom. The molecule has 0 spiro atoms. The van der Waals surface area contributed by atoms with Gasteiger partial charge in [0.1, 0.15) is 0 Å². The molecule has 0 unspecified atom stereocenters. The van der Waals surface area contributed by atoms with Gasteiger partial charge in [-0.2, -0.15) is 0 Å². The number of hydrogen-bond acceptors (Lipinski definition) is 2. The van der Waals surface area contributed by atoms with Gasteiger partial charge in [0.15, 0.2) is 5.78 Å². The van der Waals surface area contributed by atoms with E-state index in [0.29, 0.717) is 6.54 Å². The summed E-state index contributed by atoms with van der Waals surface area (Å²) in [5, 5.41) is 0. The Balaban J connectivity index is 2.24. The predicted octanol–water partition coefficient (Wildman–Crippen LogP) is 4.18. The average molecular weight is 298 g/mol. The van der Waals surface area contributed by atoms with E-state index >= 15 is 0 Å². The third-order valence-electron chi connectivity index (χ3n) is 3.98. The summed E-state index contributed by atoms with van der Waals surface area (Å²) in [7, 11) is 1.95. The summed E-state index contributed by atoms with van der Waals surface area (Å²) < 4.78 is 2.24. The van der Waals surface area contributed by atoms with E-state index in [2.05, 4.69) is 32.3 Å². The summed E-state index contributed by atoms with van der Waals surface area (Å²) in [5.41, 5.74) is 4.06. The number of nitrogens with zero attached hydrogens (tertiary/aromatic N) is 2. The fraction of sp³-hybridized carbons (Fsp3) is 0.421. The predicted molar refractivity (Wildman–Crippen MR) is 92.9 cm³/mol. The van der Waals surface area contributed by atoms with Crippen LogP contribution in [-0.2, 0) is 5.54 Å². The maximum Gasteiger partial charge on any atom is 0.183 e. The van der Waals surface area contributed by atoms with Crippen LogP contribution in [0.2, 0.25) is 0 Å². The third-order valence-corrected chi connectivity index (χ3v) is 3.98. The van der Waals surface area contributed by atoms with E-state index in [4.69, 9.17) is 0 Å². The van der Waals surface area contributed by atoms with Gasteiger partial charge in [-0.25, -0.2) is 0 Å². The minimum absolute atomic E-state index is 0.0158. The van der Waals surface area contributed by atoms with Crippen LogP contribution in [0.15, 0.2) is 36.4 Å². The van der Waals surface area contributed by atoms with E-state index in [1.165, 1.54) is 0 Å². The molecule has 0 aliphatic rings. The van der Waals surface area contributed by atoms with Gasteiger partial charge in [-0.05, 0) is 52.8 Å². The number of para-hydroxylation sites is 1. The maximum atomic E-state index is 12.7. The summed E-state index contributed by atoms with van der Waals surface area (Å²) in [6.07, 6.45) is 0. The average Bonchev–Trinajstić information content (AvgIpc) is 2.74. The number of carbonyl (C=O) groups excluding carboxylic acids is 1. The van der Waals surface area contributed by atoms with Crippen molar-refractivity contribution in [2.75, 3.05) is 18.5 Å². The van der Waals surface area contributed by atoms with Gasteiger partial charge in [0.2, 0.25) is 0 Å². The minimum Gasteiger partial charge on any atom is -0.367 e. The van der Waals surface area contributed by atoms with Gasteiger partial charge in [0.05, 0.1) is 6.54 Å². The minimum atomic E-state index is -0.0158. The first-order valence-corrected chi connectivity index (χ1v) is 7.70. The van der Waals surface area contributed by atoms with Crippen molar-refractivity contribution in [1.29, 1.82) is 0 Å². The third kappa shape index (κ3) is 3.24. The first kappa shape index (κ1) is 16.3. The molecule has 118 valence electrons. The zero-order chi connectivity index (χ0) is 16.5. The van der Waals surface area contributed by atoms with Gasteiger partial charge < -0.3 is 9.47 Å². The van der Waals surface area contributed by atoms with Crippen LogP contribution in [0.4, 0.5) is 5.69 Å². The number of carbonyl (C=O) groups is 1. The highest BCUT2D eigenvalue weighted by atomic mass is 16.1. The zero-order valence-corrected chi connectivity index (χ0v) is 14.5. The van der Waals surface area contributed by atoms with Crippen molar-refractivity contribution < 1.29 is 4.79 Å². The highest BCUT2D eigenvalue weighted by Crippen LogP contribution is 2.25. The standard InChI is InChI=1S/C19H26N2O/c1-14-12-17(15(2)21(14)19(3,4)5)18(22)13-20(6)16-10-8-7-9-11-16/h7-12H,13H2,1-6H3. The number of rotatable bonds is 4. The SMILES string of the molecule is Cc1cc(C(=O)CN(C)c2ccccc2)c(C)n1C(C)(C)C. The number of aromatic nitrogens is 1. The van der Waals surface area contributed by atoms with Gasteiger partial charge in [0.25, 0.3) is 0 Å². The van der Waals surface area contributed by atoms with Crippen LogP contribution in [0.25, 0.3) is 0 Å². The topological polar surface area (TPSA) is 25.2 Å². The Hall–Kier alpha value is -2.03. The molecule has 0 saturated carbocycles. The molecule has 0 aliphatic heterocycles. The van der Waals surface area contributed by atoms with Crippen molar-refractivity contribution >= 4 is 11.5 Å². The maximum absolute atomic E-state index is 12.7. The van der Waals surface area contributed by atoms with Crippen molar-refractivity contribution in [3.05, 3.63) is 53.3 Å². The van der Waals surface area contributed by atoms with E-state index in [1.54, 1.807) is 0 Å². The van der Waals surface area contributed by atoms with Crippen LogP contribution < -0.4 is 4.90 Å². The molecule has 0 saturated heterocycles. The number of benzene rings is 1. The first-order chi connectivity index (χ1) is 10.2. The Bertz CT molecular complexity index is 663. The number of anilines is 1. The highest BCUT2D eigenvalue weighted by Gasteiger charge is 2.23. The molecule has 3 heteroatoms. The fourth-order valence-corrected chi connectivity index (χ4v) is 3.15. The Labute approximate surface area is 133 Å². The molecule has 0 atom stereocenters. The molecule has 1 heterocycles. The first-order valence-electron chi connectivity index (χ1n) is 7.70. The van der Waals surface area contributed by atoms with Crippen molar-refractivity contribution in [2.24, 2.45) is 0 Å². The smallest absolute Gasteiger partial charge is 0.183 e. The molecule has 0 N–H and O–H groups in total. The van der Waals surface area contributed by atoms with Gasteiger partial charge in [-0.15, -0.1) is 0 Å². The Morgan fingerprint density at radius 3 is 2.23 bits per heavy atom. The number of ketones is 1. The monoisotopic (exact) mass is 298 g/mol. The summed E-state index contributed by atoms with van der Waals surface area (Å²) in [6, 6.07) is 12.0. The zero-order valence-electron chi connectivity index (χ0n) is 14.5. The second kappa shape index (κ2) is 5.99. The molecule has 3 nitrogen and oxygen atoms in total. The van der Waals surface area contributed by atoms with E-state index in [1.807, 2.05) is 55.3 Å². The molecule has 1 aromatic heterocycles. The number of Topliss-reactive ketones (excluding diaryl/α,β-unsaturated/α-hetero) is 1. The summed E-state index contributed by atoms with van der Waals surface area (Å²) >= 11 is 0. The van der Waals surface area contributed by atoms with Crippen LogP contribution in [0.1, 0.15) is 42.5 Å². The lowest BCUT2D eigenvalue weighted by Crippen LogP contribution is -2.27. The Kier molecular flexibility index (Phi) is 4.45. The lowest BCUT2D eigenvalue weighted by Gasteiger charge is -2.26. The van der Waals surface area contributed by atoms with Crippen LogP contribution in [0.5, 0.6) is 0 Å². The molecule has 0 radical (unpaired) electrons. The molecular formula is C19H26N2O. The van der Waals surface area contributed by atoms with Crippen LogP contribution in [0.3, 0.4) is 0 Å². The van der Waals surface area contributed by atoms with Crippen molar-refractivity contribution in [3.8, 4) is 0 Å². The van der Waals surface area contributed by atoms with E-state index in [0.717, 1.165) is 22.6 Å². The molecule has 0 amide bonds. The quantitative estimate of drug-likeness (QED) is 0.791.